The Morgan fingerprint density at radius 3 is 2.96 bits per heavy atom. The molecule has 0 bridgehead atoms. The molecule has 1 heterocycles. The average Bonchev–Trinajstić information content (AvgIpc) is 3.10. The predicted octanol–water partition coefficient (Wildman–Crippen LogP) is 3.33. The van der Waals surface area contributed by atoms with E-state index in [1.807, 2.05) is 29.5 Å². The summed E-state index contributed by atoms with van der Waals surface area (Å²) in [5.41, 5.74) is 2.53. The lowest BCUT2D eigenvalue weighted by atomic mass is 10.0. The van der Waals surface area contributed by atoms with Crippen LogP contribution in [-0.4, -0.2) is 31.6 Å². The molecule has 5 nitrogen and oxygen atoms in total. The molecule has 1 aliphatic carbocycles. The van der Waals surface area contributed by atoms with Gasteiger partial charge in [0.25, 0.3) is 0 Å². The molecule has 1 aliphatic rings. The van der Waals surface area contributed by atoms with Crippen LogP contribution in [-0.2, 0) is 25.8 Å². The molecule has 6 heteroatoms. The van der Waals surface area contributed by atoms with Crippen molar-refractivity contribution < 1.29 is 4.74 Å². The maximum Gasteiger partial charge on any atom is 0.191 e. The standard InChI is InChI=1S/C20H28N4OS/c1-21-20(23-14-15-7-5-8-16(13-15)25-2)22-12-6-11-19-24-17-9-3-4-10-18(17)26-19/h5,7-8,13H,3-4,6,9-12,14H2,1-2H3,(H2,21,22,23). The van der Waals surface area contributed by atoms with Crippen LogP contribution in [0.4, 0.5) is 0 Å². The summed E-state index contributed by atoms with van der Waals surface area (Å²) < 4.78 is 5.26. The smallest absolute Gasteiger partial charge is 0.191 e. The molecule has 0 aliphatic heterocycles. The second-order valence-electron chi connectivity index (χ2n) is 6.49. The van der Waals surface area contributed by atoms with Crippen molar-refractivity contribution >= 4 is 17.3 Å². The molecule has 2 aromatic rings. The van der Waals surface area contributed by atoms with Gasteiger partial charge in [0.1, 0.15) is 5.75 Å². The van der Waals surface area contributed by atoms with Crippen LogP contribution in [0.5, 0.6) is 5.75 Å². The van der Waals surface area contributed by atoms with Gasteiger partial charge in [0, 0.05) is 31.4 Å². The summed E-state index contributed by atoms with van der Waals surface area (Å²) in [6, 6.07) is 8.06. The molecule has 0 atom stereocenters. The highest BCUT2D eigenvalue weighted by Crippen LogP contribution is 2.27. The van der Waals surface area contributed by atoms with E-state index in [-0.39, 0.29) is 0 Å². The molecular formula is C20H28N4OS. The number of rotatable bonds is 7. The third-order valence-electron chi connectivity index (χ3n) is 4.57. The Morgan fingerprint density at radius 2 is 2.15 bits per heavy atom. The fourth-order valence-corrected chi connectivity index (χ4v) is 4.35. The second-order valence-corrected chi connectivity index (χ2v) is 7.66. The summed E-state index contributed by atoms with van der Waals surface area (Å²) in [7, 11) is 3.49. The Kier molecular flexibility index (Phi) is 6.89. The summed E-state index contributed by atoms with van der Waals surface area (Å²) in [6.07, 6.45) is 7.12. The zero-order valence-corrected chi connectivity index (χ0v) is 16.5. The Hall–Kier alpha value is -2.08. The van der Waals surface area contributed by atoms with E-state index in [1.165, 1.54) is 46.8 Å². The van der Waals surface area contributed by atoms with E-state index in [9.17, 15) is 0 Å². The number of benzene rings is 1. The summed E-state index contributed by atoms with van der Waals surface area (Å²) in [6.45, 7) is 1.61. The fourth-order valence-electron chi connectivity index (χ4n) is 3.15. The largest absolute Gasteiger partial charge is 0.497 e. The topological polar surface area (TPSA) is 58.5 Å². The Balaban J connectivity index is 1.39. The van der Waals surface area contributed by atoms with Crippen molar-refractivity contribution in [1.29, 1.82) is 0 Å². The number of fused-ring (bicyclic) bond motifs is 1. The van der Waals surface area contributed by atoms with Gasteiger partial charge in [0.2, 0.25) is 0 Å². The lowest BCUT2D eigenvalue weighted by Crippen LogP contribution is -2.37. The molecule has 140 valence electrons. The van der Waals surface area contributed by atoms with Crippen LogP contribution in [0, 0.1) is 0 Å². The van der Waals surface area contributed by atoms with Crippen LogP contribution >= 0.6 is 11.3 Å². The van der Waals surface area contributed by atoms with Gasteiger partial charge in [-0.1, -0.05) is 12.1 Å². The van der Waals surface area contributed by atoms with E-state index in [0.717, 1.165) is 37.6 Å². The zero-order valence-electron chi connectivity index (χ0n) is 15.7. The van der Waals surface area contributed by atoms with E-state index in [0.29, 0.717) is 0 Å². The SMILES string of the molecule is CN=C(NCCCc1nc2c(s1)CCCC2)NCc1cccc(OC)c1. The number of aromatic nitrogens is 1. The first-order valence-electron chi connectivity index (χ1n) is 9.33. The van der Waals surface area contributed by atoms with Gasteiger partial charge in [-0.2, -0.15) is 0 Å². The van der Waals surface area contributed by atoms with Gasteiger partial charge >= 0.3 is 0 Å². The predicted molar refractivity (Wildman–Crippen MR) is 108 cm³/mol. The minimum atomic E-state index is 0.718. The van der Waals surface area contributed by atoms with Gasteiger partial charge in [0.15, 0.2) is 5.96 Å². The van der Waals surface area contributed by atoms with Crippen LogP contribution in [0.2, 0.25) is 0 Å². The average molecular weight is 373 g/mol. The summed E-state index contributed by atoms with van der Waals surface area (Å²) in [5, 5.41) is 8.02. The Labute approximate surface area is 159 Å². The first-order valence-corrected chi connectivity index (χ1v) is 10.1. The minimum Gasteiger partial charge on any atom is -0.497 e. The first kappa shape index (κ1) is 18.7. The highest BCUT2D eigenvalue weighted by molar-refractivity contribution is 7.11. The molecule has 0 amide bonds. The summed E-state index contributed by atoms with van der Waals surface area (Å²) >= 11 is 1.91. The number of ether oxygens (including phenoxy) is 1. The van der Waals surface area contributed by atoms with Crippen molar-refractivity contribution in [2.45, 2.75) is 45.1 Å². The molecule has 2 N–H and O–H groups in total. The maximum atomic E-state index is 5.26. The molecule has 0 unspecified atom stereocenters. The van der Waals surface area contributed by atoms with Gasteiger partial charge in [-0.25, -0.2) is 4.98 Å². The number of aliphatic imine (C=N–C) groups is 1. The summed E-state index contributed by atoms with van der Waals surface area (Å²) in [5.74, 6) is 1.70. The van der Waals surface area contributed by atoms with Crippen molar-refractivity contribution in [3.05, 3.63) is 45.4 Å². The van der Waals surface area contributed by atoms with Crippen molar-refractivity contribution in [3.8, 4) is 5.75 Å². The summed E-state index contributed by atoms with van der Waals surface area (Å²) in [4.78, 5) is 10.6. The van der Waals surface area contributed by atoms with Crippen LogP contribution < -0.4 is 15.4 Å². The zero-order chi connectivity index (χ0) is 18.2. The quantitative estimate of drug-likeness (QED) is 0.445. The number of methoxy groups -OCH3 is 1. The van der Waals surface area contributed by atoms with Crippen LogP contribution in [0.15, 0.2) is 29.3 Å². The molecule has 0 radical (unpaired) electrons. The number of nitrogens with one attached hydrogen (secondary N) is 2. The molecule has 0 saturated heterocycles. The third-order valence-corrected chi connectivity index (χ3v) is 5.78. The highest BCUT2D eigenvalue weighted by atomic mass is 32.1. The van der Waals surface area contributed by atoms with Gasteiger partial charge in [-0.3, -0.25) is 4.99 Å². The number of hydrogen-bond acceptors (Lipinski definition) is 4. The molecule has 0 spiro atoms. The highest BCUT2D eigenvalue weighted by Gasteiger charge is 2.14. The van der Waals surface area contributed by atoms with Gasteiger partial charge in [0.05, 0.1) is 17.8 Å². The Bertz CT molecular complexity index is 718. The lowest BCUT2D eigenvalue weighted by molar-refractivity contribution is 0.414. The fraction of sp³-hybridized carbons (Fsp3) is 0.500. The molecule has 3 rings (SSSR count). The van der Waals surface area contributed by atoms with Gasteiger partial charge in [-0.05, 0) is 49.8 Å². The van der Waals surface area contributed by atoms with E-state index < -0.39 is 0 Å². The molecular weight excluding hydrogens is 344 g/mol. The second kappa shape index (κ2) is 9.57. The van der Waals surface area contributed by atoms with Crippen molar-refractivity contribution in [2.75, 3.05) is 20.7 Å². The number of aryl methyl sites for hydroxylation is 3. The normalized spacial score (nSPS) is 14.0. The minimum absolute atomic E-state index is 0.718. The van der Waals surface area contributed by atoms with Crippen molar-refractivity contribution in [2.24, 2.45) is 4.99 Å². The maximum absolute atomic E-state index is 5.26. The Morgan fingerprint density at radius 1 is 1.27 bits per heavy atom. The monoisotopic (exact) mass is 372 g/mol. The van der Waals surface area contributed by atoms with E-state index >= 15 is 0 Å². The van der Waals surface area contributed by atoms with Gasteiger partial charge in [-0.15, -0.1) is 11.3 Å². The molecule has 26 heavy (non-hydrogen) atoms. The van der Waals surface area contributed by atoms with E-state index in [2.05, 4.69) is 21.7 Å². The van der Waals surface area contributed by atoms with E-state index in [4.69, 9.17) is 9.72 Å². The number of nitrogens with zero attached hydrogens (tertiary/aromatic N) is 2. The molecule has 0 saturated carbocycles. The van der Waals surface area contributed by atoms with Crippen LogP contribution in [0.25, 0.3) is 0 Å². The van der Waals surface area contributed by atoms with Crippen molar-refractivity contribution in [3.63, 3.8) is 0 Å². The van der Waals surface area contributed by atoms with Crippen LogP contribution in [0.1, 0.15) is 40.4 Å². The molecule has 1 aromatic carbocycles. The number of thiazole rings is 1. The number of guanidine groups is 1. The van der Waals surface area contributed by atoms with E-state index in [1.54, 1.807) is 14.2 Å². The van der Waals surface area contributed by atoms with Crippen molar-refractivity contribution in [1.82, 2.24) is 15.6 Å². The van der Waals surface area contributed by atoms with Gasteiger partial charge < -0.3 is 15.4 Å². The first-order chi connectivity index (χ1) is 12.8. The molecule has 0 fully saturated rings. The number of hydrogen-bond donors (Lipinski definition) is 2. The lowest BCUT2D eigenvalue weighted by Gasteiger charge is -2.12. The van der Waals surface area contributed by atoms with Crippen LogP contribution in [0.3, 0.4) is 0 Å². The molecule has 1 aromatic heterocycles. The third kappa shape index (κ3) is 5.21.